The minimum atomic E-state index is -1.40. The molecule has 0 aliphatic rings. The first-order valence-corrected chi connectivity index (χ1v) is 7.51. The number of ether oxygens (including phenoxy) is 1. The van der Waals surface area contributed by atoms with Crippen LogP contribution in [0, 0.1) is 5.41 Å². The van der Waals surface area contributed by atoms with Gasteiger partial charge in [0.2, 0.25) is 0 Å². The maximum Gasteiger partial charge on any atom is 0.323 e. The van der Waals surface area contributed by atoms with Crippen LogP contribution in [0.2, 0.25) is 0 Å². The summed E-state index contributed by atoms with van der Waals surface area (Å²) in [6.07, 6.45) is 3.02. The number of rotatable bonds is 9. The van der Waals surface area contributed by atoms with Gasteiger partial charge in [-0.25, -0.2) is 0 Å². The molecule has 116 valence electrons. The molecule has 0 amide bonds. The molecule has 0 aromatic heterocycles. The van der Waals surface area contributed by atoms with Crippen molar-refractivity contribution in [2.75, 3.05) is 6.61 Å². The minimum Gasteiger partial charge on any atom is -0.480 e. The van der Waals surface area contributed by atoms with Crippen LogP contribution in [0.25, 0.3) is 0 Å². The molecule has 1 aromatic rings. The first-order valence-electron chi connectivity index (χ1n) is 7.51. The van der Waals surface area contributed by atoms with Gasteiger partial charge < -0.3 is 9.84 Å². The highest BCUT2D eigenvalue weighted by molar-refractivity contribution is 5.99. The van der Waals surface area contributed by atoms with Crippen LogP contribution in [0.1, 0.15) is 45.1 Å². The van der Waals surface area contributed by atoms with Gasteiger partial charge in [-0.05, 0) is 38.2 Å². The van der Waals surface area contributed by atoms with Crippen LogP contribution < -0.4 is 0 Å². The number of aryl methyl sites for hydroxylation is 1. The molecule has 0 fully saturated rings. The summed E-state index contributed by atoms with van der Waals surface area (Å²) in [7, 11) is 0. The van der Waals surface area contributed by atoms with E-state index in [2.05, 4.69) is 12.1 Å². The van der Waals surface area contributed by atoms with Crippen LogP contribution in [-0.4, -0.2) is 23.7 Å². The molecule has 0 saturated carbocycles. The summed E-state index contributed by atoms with van der Waals surface area (Å²) in [5.74, 6) is -1.69. The van der Waals surface area contributed by atoms with Crippen LogP contribution in [0.15, 0.2) is 30.3 Å². The third-order valence-corrected chi connectivity index (χ3v) is 3.84. The monoisotopic (exact) mass is 292 g/mol. The first-order chi connectivity index (χ1) is 10.1. The number of carboxylic acids is 1. The van der Waals surface area contributed by atoms with Crippen molar-refractivity contribution in [3.05, 3.63) is 35.9 Å². The largest absolute Gasteiger partial charge is 0.480 e. The third-order valence-electron chi connectivity index (χ3n) is 3.84. The predicted octanol–water partition coefficient (Wildman–Crippen LogP) is 3.44. The maximum absolute atomic E-state index is 12.0. The van der Waals surface area contributed by atoms with Crippen molar-refractivity contribution in [2.24, 2.45) is 5.41 Å². The van der Waals surface area contributed by atoms with E-state index in [-0.39, 0.29) is 13.0 Å². The van der Waals surface area contributed by atoms with Gasteiger partial charge in [0.05, 0.1) is 6.61 Å². The van der Waals surface area contributed by atoms with Crippen LogP contribution in [-0.2, 0) is 20.7 Å². The average molecular weight is 292 g/mol. The molecule has 0 aliphatic carbocycles. The fourth-order valence-electron chi connectivity index (χ4n) is 2.44. The molecule has 0 saturated heterocycles. The van der Waals surface area contributed by atoms with Crippen molar-refractivity contribution < 1.29 is 19.4 Å². The smallest absolute Gasteiger partial charge is 0.323 e. The first kappa shape index (κ1) is 17.2. The Hall–Kier alpha value is -1.84. The second-order valence-corrected chi connectivity index (χ2v) is 5.15. The van der Waals surface area contributed by atoms with E-state index in [1.54, 1.807) is 13.8 Å². The molecule has 4 heteroatoms. The lowest BCUT2D eigenvalue weighted by molar-refractivity contribution is -0.169. The van der Waals surface area contributed by atoms with Gasteiger partial charge in [-0.15, -0.1) is 0 Å². The molecule has 21 heavy (non-hydrogen) atoms. The normalized spacial score (nSPS) is 13.4. The summed E-state index contributed by atoms with van der Waals surface area (Å²) in [6, 6.07) is 10.0. The van der Waals surface area contributed by atoms with Gasteiger partial charge in [0.25, 0.3) is 0 Å². The van der Waals surface area contributed by atoms with Gasteiger partial charge in [0.15, 0.2) is 5.41 Å². The zero-order valence-corrected chi connectivity index (χ0v) is 12.8. The summed E-state index contributed by atoms with van der Waals surface area (Å²) < 4.78 is 4.96. The number of aliphatic carboxylic acids is 1. The Morgan fingerprint density at radius 3 is 2.33 bits per heavy atom. The summed E-state index contributed by atoms with van der Waals surface area (Å²) in [6.45, 7) is 3.62. The van der Waals surface area contributed by atoms with E-state index in [9.17, 15) is 14.7 Å². The molecule has 1 unspecified atom stereocenters. The molecule has 1 N–H and O–H groups in total. The van der Waals surface area contributed by atoms with Gasteiger partial charge in [-0.1, -0.05) is 43.7 Å². The SMILES string of the molecule is CCOC(=O)C(CC)(CCCCc1ccccc1)C(=O)O. The molecule has 4 nitrogen and oxygen atoms in total. The van der Waals surface area contributed by atoms with Gasteiger partial charge >= 0.3 is 11.9 Å². The molecule has 1 aromatic carbocycles. The Balaban J connectivity index is 2.57. The van der Waals surface area contributed by atoms with Gasteiger partial charge in [-0.2, -0.15) is 0 Å². The minimum absolute atomic E-state index is 0.206. The standard InChI is InChI=1S/C17H24O4/c1-3-17(15(18)19,16(20)21-4-2)13-9-8-12-14-10-6-5-7-11-14/h5-7,10-11H,3-4,8-9,12-13H2,1-2H3,(H,18,19). The summed E-state index contributed by atoms with van der Waals surface area (Å²) in [5.41, 5.74) is -0.168. The zero-order chi connectivity index (χ0) is 15.7. The number of carbonyl (C=O) groups is 2. The van der Waals surface area contributed by atoms with Crippen LogP contribution in [0.3, 0.4) is 0 Å². The van der Waals surface area contributed by atoms with E-state index in [4.69, 9.17) is 4.74 Å². The molecule has 1 atom stereocenters. The molecule has 0 heterocycles. The fraction of sp³-hybridized carbons (Fsp3) is 0.529. The zero-order valence-electron chi connectivity index (χ0n) is 12.8. The van der Waals surface area contributed by atoms with Gasteiger partial charge in [-0.3, -0.25) is 9.59 Å². The molecule has 0 radical (unpaired) electrons. The van der Waals surface area contributed by atoms with Crippen LogP contribution >= 0.6 is 0 Å². The number of benzene rings is 1. The lowest BCUT2D eigenvalue weighted by atomic mass is 9.80. The Kier molecular flexibility index (Phi) is 6.92. The van der Waals surface area contributed by atoms with E-state index < -0.39 is 17.4 Å². The highest BCUT2D eigenvalue weighted by Gasteiger charge is 2.45. The highest BCUT2D eigenvalue weighted by atomic mass is 16.5. The quantitative estimate of drug-likeness (QED) is 0.430. The molecule has 0 spiro atoms. The van der Waals surface area contributed by atoms with Crippen molar-refractivity contribution in [1.29, 1.82) is 0 Å². The highest BCUT2D eigenvalue weighted by Crippen LogP contribution is 2.31. The van der Waals surface area contributed by atoms with Crippen molar-refractivity contribution in [3.8, 4) is 0 Å². The Bertz CT molecular complexity index is 455. The molecule has 0 aliphatic heterocycles. The number of carbonyl (C=O) groups excluding carboxylic acids is 1. The van der Waals surface area contributed by atoms with E-state index in [0.29, 0.717) is 12.8 Å². The Morgan fingerprint density at radius 1 is 1.14 bits per heavy atom. The maximum atomic E-state index is 12.0. The lowest BCUT2D eigenvalue weighted by Gasteiger charge is -2.25. The molecule has 1 rings (SSSR count). The summed E-state index contributed by atoms with van der Waals surface area (Å²) in [4.78, 5) is 23.5. The van der Waals surface area contributed by atoms with E-state index in [0.717, 1.165) is 12.8 Å². The lowest BCUT2D eigenvalue weighted by Crippen LogP contribution is -2.40. The average Bonchev–Trinajstić information content (AvgIpc) is 2.48. The molecular formula is C17H24O4. The van der Waals surface area contributed by atoms with Crippen LogP contribution in [0.5, 0.6) is 0 Å². The number of carboxylic acid groups (broad SMARTS) is 1. The van der Waals surface area contributed by atoms with E-state index >= 15 is 0 Å². The summed E-state index contributed by atoms with van der Waals surface area (Å²) in [5, 5.41) is 9.44. The van der Waals surface area contributed by atoms with Crippen molar-refractivity contribution in [3.63, 3.8) is 0 Å². The van der Waals surface area contributed by atoms with Crippen molar-refractivity contribution in [2.45, 2.75) is 46.0 Å². The fourth-order valence-corrected chi connectivity index (χ4v) is 2.44. The van der Waals surface area contributed by atoms with Crippen molar-refractivity contribution in [1.82, 2.24) is 0 Å². The molecule has 0 bridgehead atoms. The number of unbranched alkanes of at least 4 members (excludes halogenated alkanes) is 1. The Labute approximate surface area is 126 Å². The topological polar surface area (TPSA) is 63.6 Å². The number of hydrogen-bond acceptors (Lipinski definition) is 3. The van der Waals surface area contributed by atoms with Gasteiger partial charge in [0, 0.05) is 0 Å². The third kappa shape index (κ3) is 4.59. The Morgan fingerprint density at radius 2 is 1.81 bits per heavy atom. The van der Waals surface area contributed by atoms with E-state index in [1.165, 1.54) is 5.56 Å². The van der Waals surface area contributed by atoms with Gasteiger partial charge in [0.1, 0.15) is 0 Å². The second-order valence-electron chi connectivity index (χ2n) is 5.15. The van der Waals surface area contributed by atoms with Crippen LogP contribution in [0.4, 0.5) is 0 Å². The van der Waals surface area contributed by atoms with E-state index in [1.807, 2.05) is 18.2 Å². The number of esters is 1. The second kappa shape index (κ2) is 8.45. The van der Waals surface area contributed by atoms with Crippen molar-refractivity contribution >= 4 is 11.9 Å². The summed E-state index contributed by atoms with van der Waals surface area (Å²) >= 11 is 0. The predicted molar refractivity (Wildman–Crippen MR) is 81.0 cm³/mol. The number of hydrogen-bond donors (Lipinski definition) is 1. The molecular weight excluding hydrogens is 268 g/mol.